The highest BCUT2D eigenvalue weighted by Gasteiger charge is 2.14. The Morgan fingerprint density at radius 1 is 0.926 bits per heavy atom. The molecule has 0 aromatic heterocycles. The Kier molecular flexibility index (Phi) is 8.75. The molecular weight excluding hydrogens is 410 g/mol. The second-order valence-corrected chi connectivity index (χ2v) is 6.88. The minimum atomic E-state index is 0.658. The number of rotatable bonds is 11. The second-order valence-electron chi connectivity index (χ2n) is 6.02. The maximum absolute atomic E-state index is 5.93. The molecule has 0 aliphatic carbocycles. The van der Waals surface area contributed by atoms with E-state index in [1.807, 2.05) is 24.3 Å². The lowest BCUT2D eigenvalue weighted by molar-refractivity contribution is 0.290. The van der Waals surface area contributed by atoms with Crippen LogP contribution >= 0.6 is 15.9 Å². The van der Waals surface area contributed by atoms with Gasteiger partial charge in [-0.2, -0.15) is 0 Å². The van der Waals surface area contributed by atoms with Gasteiger partial charge in [0.1, 0.15) is 0 Å². The van der Waals surface area contributed by atoms with E-state index in [1.54, 1.807) is 21.3 Å². The van der Waals surface area contributed by atoms with Crippen LogP contribution in [0.4, 0.5) is 0 Å². The van der Waals surface area contributed by atoms with Crippen molar-refractivity contribution in [2.75, 3.05) is 34.5 Å². The monoisotopic (exact) mass is 437 g/mol. The summed E-state index contributed by atoms with van der Waals surface area (Å²) >= 11 is 3.63. The van der Waals surface area contributed by atoms with Crippen molar-refractivity contribution in [3.63, 3.8) is 0 Å². The Bertz CT molecular complexity index is 736. The molecule has 0 aliphatic rings. The molecule has 0 saturated heterocycles. The predicted octanol–water partition coefficient (Wildman–Crippen LogP) is 4.60. The lowest BCUT2D eigenvalue weighted by Gasteiger charge is -2.17. The molecule has 6 heteroatoms. The van der Waals surface area contributed by atoms with Crippen LogP contribution < -0.4 is 24.3 Å². The maximum Gasteiger partial charge on any atom is 0.166 e. The van der Waals surface area contributed by atoms with Crippen LogP contribution in [-0.2, 0) is 13.0 Å². The first kappa shape index (κ1) is 21.4. The summed E-state index contributed by atoms with van der Waals surface area (Å²) in [5.74, 6) is 3.05. The van der Waals surface area contributed by atoms with Crippen molar-refractivity contribution < 1.29 is 18.9 Å². The minimum Gasteiger partial charge on any atom is -0.493 e. The Labute approximate surface area is 170 Å². The molecule has 0 fully saturated rings. The van der Waals surface area contributed by atoms with E-state index in [2.05, 4.69) is 34.2 Å². The van der Waals surface area contributed by atoms with Gasteiger partial charge in [-0.3, -0.25) is 0 Å². The number of hydrogen-bond donors (Lipinski definition) is 1. The molecule has 0 heterocycles. The van der Waals surface area contributed by atoms with Crippen molar-refractivity contribution in [1.29, 1.82) is 0 Å². The van der Waals surface area contributed by atoms with Crippen molar-refractivity contribution >= 4 is 15.9 Å². The topological polar surface area (TPSA) is 49.0 Å². The molecule has 0 unspecified atom stereocenters. The summed E-state index contributed by atoms with van der Waals surface area (Å²) in [6.07, 6.45) is 1.83. The number of nitrogens with one attached hydrogen (secondary N) is 1. The first-order chi connectivity index (χ1) is 13.1. The predicted molar refractivity (Wildman–Crippen MR) is 111 cm³/mol. The molecule has 27 heavy (non-hydrogen) atoms. The Morgan fingerprint density at radius 2 is 1.63 bits per heavy atom. The van der Waals surface area contributed by atoms with E-state index in [1.165, 1.54) is 5.56 Å². The van der Waals surface area contributed by atoms with Gasteiger partial charge in [0.15, 0.2) is 23.0 Å². The zero-order valence-electron chi connectivity index (χ0n) is 16.4. The molecular formula is C21H28BrNO4. The van der Waals surface area contributed by atoms with Crippen molar-refractivity contribution in [2.45, 2.75) is 26.3 Å². The number of hydrogen-bond acceptors (Lipinski definition) is 5. The van der Waals surface area contributed by atoms with Gasteiger partial charge in [-0.05, 0) is 49.2 Å². The lowest BCUT2D eigenvalue weighted by Crippen LogP contribution is -2.18. The van der Waals surface area contributed by atoms with Crippen LogP contribution in [0.25, 0.3) is 0 Å². The highest BCUT2D eigenvalue weighted by atomic mass is 79.9. The fourth-order valence-corrected chi connectivity index (χ4v) is 3.20. The van der Waals surface area contributed by atoms with E-state index in [9.17, 15) is 0 Å². The molecule has 0 saturated carbocycles. The number of ether oxygens (including phenoxy) is 4. The highest BCUT2D eigenvalue weighted by molar-refractivity contribution is 9.10. The van der Waals surface area contributed by atoms with E-state index in [4.69, 9.17) is 18.9 Å². The molecule has 0 bridgehead atoms. The summed E-state index contributed by atoms with van der Waals surface area (Å²) in [4.78, 5) is 0. The van der Waals surface area contributed by atoms with Gasteiger partial charge in [-0.15, -0.1) is 0 Å². The van der Waals surface area contributed by atoms with E-state index >= 15 is 0 Å². The van der Waals surface area contributed by atoms with Crippen LogP contribution in [0.5, 0.6) is 23.0 Å². The molecule has 148 valence electrons. The van der Waals surface area contributed by atoms with Gasteiger partial charge in [0, 0.05) is 16.6 Å². The summed E-state index contributed by atoms with van der Waals surface area (Å²) in [5.41, 5.74) is 2.25. The zero-order chi connectivity index (χ0) is 19.6. The smallest absolute Gasteiger partial charge is 0.166 e. The van der Waals surface area contributed by atoms with Gasteiger partial charge >= 0.3 is 0 Å². The average molecular weight is 438 g/mol. The lowest BCUT2D eigenvalue weighted by atomic mass is 10.1. The summed E-state index contributed by atoms with van der Waals surface area (Å²) in [7, 11) is 4.96. The molecule has 0 amide bonds. The normalized spacial score (nSPS) is 10.6. The summed E-state index contributed by atoms with van der Waals surface area (Å²) in [6.45, 7) is 4.26. The third kappa shape index (κ3) is 5.78. The maximum atomic E-state index is 5.93. The quantitative estimate of drug-likeness (QED) is 0.520. The van der Waals surface area contributed by atoms with Gasteiger partial charge in [-0.25, -0.2) is 0 Å². The average Bonchev–Trinajstić information content (AvgIpc) is 2.70. The van der Waals surface area contributed by atoms with Crippen molar-refractivity contribution in [3.05, 3.63) is 45.9 Å². The van der Waals surface area contributed by atoms with Crippen LogP contribution in [-0.4, -0.2) is 34.5 Å². The van der Waals surface area contributed by atoms with Crippen LogP contribution in [0.1, 0.15) is 24.5 Å². The number of methoxy groups -OCH3 is 3. The standard InChI is InChI=1S/C21H28BrNO4/c1-5-12-27-21-16(17(22)7-9-19(21)25-3)14-23-11-10-15-6-8-18(24-2)20(13-15)26-4/h6-9,13,23H,5,10-12,14H2,1-4H3. The van der Waals surface area contributed by atoms with Gasteiger partial charge < -0.3 is 24.3 Å². The van der Waals surface area contributed by atoms with Gasteiger partial charge in [0.25, 0.3) is 0 Å². The van der Waals surface area contributed by atoms with E-state index in [0.29, 0.717) is 13.2 Å². The van der Waals surface area contributed by atoms with Crippen LogP contribution in [0.15, 0.2) is 34.8 Å². The van der Waals surface area contributed by atoms with Crippen molar-refractivity contribution in [1.82, 2.24) is 5.32 Å². The number of benzene rings is 2. The molecule has 2 aromatic rings. The van der Waals surface area contributed by atoms with Crippen molar-refractivity contribution in [2.24, 2.45) is 0 Å². The zero-order valence-corrected chi connectivity index (χ0v) is 18.0. The third-order valence-corrected chi connectivity index (χ3v) is 4.92. The van der Waals surface area contributed by atoms with Gasteiger partial charge in [0.2, 0.25) is 0 Å². The summed E-state index contributed by atoms with van der Waals surface area (Å²) in [6, 6.07) is 9.91. The Balaban J connectivity index is 2.00. The van der Waals surface area contributed by atoms with Gasteiger partial charge in [0.05, 0.1) is 27.9 Å². The van der Waals surface area contributed by atoms with E-state index in [0.717, 1.165) is 52.4 Å². The molecule has 0 aliphatic heterocycles. The summed E-state index contributed by atoms with van der Waals surface area (Å²) in [5, 5.41) is 3.49. The first-order valence-corrected chi connectivity index (χ1v) is 9.83. The minimum absolute atomic E-state index is 0.658. The molecule has 1 N–H and O–H groups in total. The summed E-state index contributed by atoms with van der Waals surface area (Å²) < 4.78 is 23.1. The Morgan fingerprint density at radius 3 is 2.30 bits per heavy atom. The third-order valence-electron chi connectivity index (χ3n) is 4.18. The highest BCUT2D eigenvalue weighted by Crippen LogP contribution is 2.36. The molecule has 0 spiro atoms. The van der Waals surface area contributed by atoms with E-state index < -0.39 is 0 Å². The SMILES string of the molecule is CCCOc1c(OC)ccc(Br)c1CNCCc1ccc(OC)c(OC)c1. The molecule has 2 rings (SSSR count). The Hall–Kier alpha value is -1.92. The van der Waals surface area contributed by atoms with Crippen molar-refractivity contribution in [3.8, 4) is 23.0 Å². The van der Waals surface area contributed by atoms with Gasteiger partial charge in [-0.1, -0.05) is 28.9 Å². The molecule has 0 atom stereocenters. The fourth-order valence-electron chi connectivity index (χ4n) is 2.75. The second kappa shape index (κ2) is 11.0. The fraction of sp³-hybridized carbons (Fsp3) is 0.429. The first-order valence-electron chi connectivity index (χ1n) is 9.04. The van der Waals surface area contributed by atoms with Crippen LogP contribution in [0.3, 0.4) is 0 Å². The molecule has 5 nitrogen and oxygen atoms in total. The van der Waals surface area contributed by atoms with Crippen LogP contribution in [0.2, 0.25) is 0 Å². The molecule has 2 aromatic carbocycles. The van der Waals surface area contributed by atoms with E-state index in [-0.39, 0.29) is 0 Å². The molecule has 0 radical (unpaired) electrons. The van der Waals surface area contributed by atoms with Crippen LogP contribution in [0, 0.1) is 0 Å². The number of halogens is 1. The largest absolute Gasteiger partial charge is 0.493 e.